The zero-order chi connectivity index (χ0) is 11.0. The van der Waals surface area contributed by atoms with Crippen LogP contribution in [0.2, 0.25) is 0 Å². The predicted molar refractivity (Wildman–Crippen MR) is 66.1 cm³/mol. The molecule has 0 amide bonds. The molecule has 2 nitrogen and oxygen atoms in total. The van der Waals surface area contributed by atoms with Gasteiger partial charge in [-0.2, -0.15) is 0 Å². The van der Waals surface area contributed by atoms with E-state index in [1.807, 2.05) is 36.5 Å². The molecule has 1 aromatic carbocycles. The molecule has 1 aliphatic carbocycles. The van der Waals surface area contributed by atoms with Gasteiger partial charge in [0.25, 0.3) is 0 Å². The van der Waals surface area contributed by atoms with E-state index in [2.05, 4.69) is 11.1 Å². The van der Waals surface area contributed by atoms with Crippen molar-refractivity contribution >= 4 is 5.69 Å². The maximum atomic E-state index is 6.06. The molecule has 2 aromatic rings. The molecule has 2 heteroatoms. The van der Waals surface area contributed by atoms with Crippen LogP contribution in [0, 0.1) is 0 Å². The molecule has 0 aliphatic heterocycles. The minimum absolute atomic E-state index is 0.708. The Hall–Kier alpha value is -1.83. The summed E-state index contributed by atoms with van der Waals surface area (Å²) >= 11 is 0. The number of anilines is 1. The predicted octanol–water partition coefficient (Wildman–Crippen LogP) is 3.21. The van der Waals surface area contributed by atoms with Gasteiger partial charge in [-0.3, -0.25) is 4.98 Å². The Morgan fingerprint density at radius 3 is 2.50 bits per heavy atom. The second kappa shape index (κ2) is 3.63. The van der Waals surface area contributed by atoms with E-state index >= 15 is 0 Å². The van der Waals surface area contributed by atoms with Gasteiger partial charge in [-0.05, 0) is 30.4 Å². The van der Waals surface area contributed by atoms with E-state index in [1.54, 1.807) is 0 Å². The van der Waals surface area contributed by atoms with Gasteiger partial charge in [0, 0.05) is 11.8 Å². The number of hydrogen-bond donors (Lipinski definition) is 1. The van der Waals surface area contributed by atoms with Crippen LogP contribution in [-0.2, 0) is 0 Å². The number of pyridine rings is 1. The summed E-state index contributed by atoms with van der Waals surface area (Å²) in [5, 5.41) is 0. The van der Waals surface area contributed by atoms with Gasteiger partial charge in [0.05, 0.1) is 11.4 Å². The van der Waals surface area contributed by atoms with Crippen LogP contribution in [0.4, 0.5) is 5.69 Å². The van der Waals surface area contributed by atoms with Crippen LogP contribution in [0.25, 0.3) is 11.3 Å². The van der Waals surface area contributed by atoms with Crippen LogP contribution in [0.3, 0.4) is 0 Å². The Balaban J connectivity index is 2.02. The third-order valence-corrected chi connectivity index (χ3v) is 3.03. The van der Waals surface area contributed by atoms with Gasteiger partial charge in [-0.25, -0.2) is 0 Å². The molecule has 0 spiro atoms. The number of benzene rings is 1. The quantitative estimate of drug-likeness (QED) is 0.826. The fraction of sp³-hybridized carbons (Fsp3) is 0.214. The number of nitrogens with zero attached hydrogens (tertiary/aromatic N) is 1. The Morgan fingerprint density at radius 1 is 1.12 bits per heavy atom. The highest BCUT2D eigenvalue weighted by molar-refractivity contribution is 5.72. The average Bonchev–Trinajstić information content (AvgIpc) is 3.14. The molecule has 1 heterocycles. The largest absolute Gasteiger partial charge is 0.397 e. The smallest absolute Gasteiger partial charge is 0.0931 e. The molecule has 0 radical (unpaired) electrons. The molecular formula is C14H14N2. The van der Waals surface area contributed by atoms with Crippen molar-refractivity contribution in [3.05, 3.63) is 48.2 Å². The fourth-order valence-electron chi connectivity index (χ4n) is 1.98. The molecule has 1 saturated carbocycles. The summed E-state index contributed by atoms with van der Waals surface area (Å²) in [6.07, 6.45) is 4.54. The number of hydrogen-bond acceptors (Lipinski definition) is 2. The standard InChI is InChI=1S/C14H14N2/c15-13-8-12(10-6-7-10)9-16-14(13)11-4-2-1-3-5-11/h1-5,8-10H,6-7,15H2. The molecular weight excluding hydrogens is 196 g/mol. The van der Waals surface area contributed by atoms with E-state index in [0.717, 1.165) is 16.9 Å². The van der Waals surface area contributed by atoms with E-state index in [0.29, 0.717) is 5.92 Å². The molecule has 2 N–H and O–H groups in total. The van der Waals surface area contributed by atoms with Gasteiger partial charge in [0.15, 0.2) is 0 Å². The summed E-state index contributed by atoms with van der Waals surface area (Å²) in [6.45, 7) is 0. The molecule has 3 rings (SSSR count). The average molecular weight is 210 g/mol. The van der Waals surface area contributed by atoms with Gasteiger partial charge < -0.3 is 5.73 Å². The van der Waals surface area contributed by atoms with Gasteiger partial charge >= 0.3 is 0 Å². The first kappa shape index (κ1) is 9.40. The first-order chi connectivity index (χ1) is 7.84. The van der Waals surface area contributed by atoms with E-state index < -0.39 is 0 Å². The first-order valence-corrected chi connectivity index (χ1v) is 5.65. The first-order valence-electron chi connectivity index (χ1n) is 5.65. The molecule has 0 atom stereocenters. The lowest BCUT2D eigenvalue weighted by Crippen LogP contribution is -1.95. The lowest BCUT2D eigenvalue weighted by atomic mass is 10.1. The molecule has 0 bridgehead atoms. The van der Waals surface area contributed by atoms with Crippen LogP contribution in [0.15, 0.2) is 42.6 Å². The third kappa shape index (κ3) is 1.67. The van der Waals surface area contributed by atoms with E-state index in [1.165, 1.54) is 18.4 Å². The third-order valence-electron chi connectivity index (χ3n) is 3.03. The second-order valence-electron chi connectivity index (χ2n) is 4.35. The van der Waals surface area contributed by atoms with Crippen molar-refractivity contribution in [2.24, 2.45) is 0 Å². The van der Waals surface area contributed by atoms with Gasteiger partial charge in [0.2, 0.25) is 0 Å². The fourth-order valence-corrected chi connectivity index (χ4v) is 1.98. The summed E-state index contributed by atoms with van der Waals surface area (Å²) in [7, 11) is 0. The summed E-state index contributed by atoms with van der Waals surface area (Å²) in [6, 6.07) is 12.2. The van der Waals surface area contributed by atoms with Crippen LogP contribution >= 0.6 is 0 Å². The Labute approximate surface area is 95.1 Å². The van der Waals surface area contributed by atoms with Crippen molar-refractivity contribution in [2.75, 3.05) is 5.73 Å². The normalized spacial score (nSPS) is 15.0. The minimum atomic E-state index is 0.708. The van der Waals surface area contributed by atoms with Crippen molar-refractivity contribution in [2.45, 2.75) is 18.8 Å². The monoisotopic (exact) mass is 210 g/mol. The minimum Gasteiger partial charge on any atom is -0.397 e. The molecule has 0 unspecified atom stereocenters. The highest BCUT2D eigenvalue weighted by atomic mass is 14.7. The van der Waals surface area contributed by atoms with E-state index in [9.17, 15) is 0 Å². The highest BCUT2D eigenvalue weighted by Crippen LogP contribution is 2.41. The molecule has 16 heavy (non-hydrogen) atoms. The van der Waals surface area contributed by atoms with E-state index in [4.69, 9.17) is 5.73 Å². The van der Waals surface area contributed by atoms with Crippen molar-refractivity contribution in [3.8, 4) is 11.3 Å². The molecule has 1 fully saturated rings. The number of rotatable bonds is 2. The second-order valence-corrected chi connectivity index (χ2v) is 4.35. The molecule has 1 aliphatic rings. The number of nitrogens with two attached hydrogens (primary N) is 1. The Morgan fingerprint density at radius 2 is 1.88 bits per heavy atom. The van der Waals surface area contributed by atoms with Crippen LogP contribution in [0.5, 0.6) is 0 Å². The zero-order valence-electron chi connectivity index (χ0n) is 9.06. The molecule has 0 saturated heterocycles. The lowest BCUT2D eigenvalue weighted by Gasteiger charge is -2.06. The van der Waals surface area contributed by atoms with Gasteiger partial charge in [-0.15, -0.1) is 0 Å². The van der Waals surface area contributed by atoms with Crippen LogP contribution in [0.1, 0.15) is 24.3 Å². The number of aromatic nitrogens is 1. The zero-order valence-corrected chi connectivity index (χ0v) is 9.06. The summed E-state index contributed by atoms with van der Waals surface area (Å²) < 4.78 is 0. The van der Waals surface area contributed by atoms with Gasteiger partial charge in [-0.1, -0.05) is 30.3 Å². The Kier molecular flexibility index (Phi) is 2.13. The van der Waals surface area contributed by atoms with Gasteiger partial charge in [0.1, 0.15) is 0 Å². The summed E-state index contributed by atoms with van der Waals surface area (Å²) in [4.78, 5) is 4.48. The number of nitrogen functional groups attached to an aromatic ring is 1. The summed E-state index contributed by atoms with van der Waals surface area (Å²) in [5.41, 5.74) is 10.1. The maximum Gasteiger partial charge on any atom is 0.0931 e. The van der Waals surface area contributed by atoms with Crippen molar-refractivity contribution < 1.29 is 0 Å². The van der Waals surface area contributed by atoms with Crippen molar-refractivity contribution in [3.63, 3.8) is 0 Å². The molecule has 1 aromatic heterocycles. The topological polar surface area (TPSA) is 38.9 Å². The van der Waals surface area contributed by atoms with Crippen LogP contribution < -0.4 is 5.73 Å². The van der Waals surface area contributed by atoms with E-state index in [-0.39, 0.29) is 0 Å². The summed E-state index contributed by atoms with van der Waals surface area (Å²) in [5.74, 6) is 0.708. The lowest BCUT2D eigenvalue weighted by molar-refractivity contribution is 1.10. The van der Waals surface area contributed by atoms with Crippen LogP contribution in [-0.4, -0.2) is 4.98 Å². The van der Waals surface area contributed by atoms with Crippen molar-refractivity contribution in [1.29, 1.82) is 0 Å². The maximum absolute atomic E-state index is 6.06. The SMILES string of the molecule is Nc1cc(C2CC2)cnc1-c1ccccc1. The Bertz CT molecular complexity index is 501. The molecule has 80 valence electrons. The van der Waals surface area contributed by atoms with Crippen molar-refractivity contribution in [1.82, 2.24) is 4.98 Å². The highest BCUT2D eigenvalue weighted by Gasteiger charge is 2.24.